The quantitative estimate of drug-likeness (QED) is 0.899. The molecule has 1 aromatic heterocycles. The maximum absolute atomic E-state index is 11.3. The van der Waals surface area contributed by atoms with E-state index in [4.69, 9.17) is 0 Å². The van der Waals surface area contributed by atoms with Crippen LogP contribution in [0.15, 0.2) is 10.7 Å². The number of hydrogen-bond donors (Lipinski definition) is 1. The third-order valence-corrected chi connectivity index (χ3v) is 5.63. The molecule has 2 rings (SSSR count). The van der Waals surface area contributed by atoms with Crippen LogP contribution in [-0.4, -0.2) is 26.4 Å². The molecule has 0 spiro atoms. The second-order valence-electron chi connectivity index (χ2n) is 5.93. The Labute approximate surface area is 121 Å². The molecule has 1 atom stereocenters. The first-order chi connectivity index (χ1) is 8.29. The van der Waals surface area contributed by atoms with E-state index in [-0.39, 0.29) is 11.5 Å². The van der Waals surface area contributed by atoms with E-state index in [2.05, 4.69) is 48.7 Å². The van der Waals surface area contributed by atoms with Gasteiger partial charge < -0.3 is 5.11 Å². The van der Waals surface area contributed by atoms with Crippen molar-refractivity contribution in [1.29, 1.82) is 0 Å². The first-order valence-electron chi connectivity index (χ1n) is 6.33. The molecule has 2 heterocycles. The molecule has 0 amide bonds. The first kappa shape index (κ1) is 14.4. The Morgan fingerprint density at radius 3 is 2.72 bits per heavy atom. The lowest BCUT2D eigenvalue weighted by Gasteiger charge is -2.46. The zero-order valence-electron chi connectivity index (χ0n) is 11.4. The molecule has 1 aliphatic heterocycles. The van der Waals surface area contributed by atoms with Gasteiger partial charge in [-0.05, 0) is 42.0 Å². The number of halogens is 1. The van der Waals surface area contributed by atoms with Crippen molar-refractivity contribution in [2.24, 2.45) is 5.41 Å². The van der Waals surface area contributed by atoms with Crippen molar-refractivity contribution < 1.29 is 5.11 Å². The van der Waals surface area contributed by atoms with E-state index in [1.54, 1.807) is 6.20 Å². The summed E-state index contributed by atoms with van der Waals surface area (Å²) in [6.45, 7) is 8.48. The molecule has 5 heteroatoms. The molecule has 0 aliphatic carbocycles. The molecular formula is C13H21BrN2OS. The van der Waals surface area contributed by atoms with Gasteiger partial charge in [0.25, 0.3) is 0 Å². The predicted molar refractivity (Wildman–Crippen MR) is 79.9 cm³/mol. The van der Waals surface area contributed by atoms with E-state index in [1.807, 2.05) is 16.4 Å². The Balaban J connectivity index is 2.55. The van der Waals surface area contributed by atoms with Crippen LogP contribution in [0.25, 0.3) is 0 Å². The van der Waals surface area contributed by atoms with Gasteiger partial charge in [-0.15, -0.1) is 0 Å². The summed E-state index contributed by atoms with van der Waals surface area (Å²) >= 11 is 5.37. The number of hydrogen-bond acceptors (Lipinski definition) is 3. The van der Waals surface area contributed by atoms with Crippen LogP contribution in [0.4, 0.5) is 0 Å². The average molecular weight is 333 g/mol. The number of nitrogens with zero attached hydrogens (tertiary/aromatic N) is 2. The fourth-order valence-corrected chi connectivity index (χ4v) is 4.68. The van der Waals surface area contributed by atoms with Gasteiger partial charge in [-0.3, -0.25) is 4.68 Å². The van der Waals surface area contributed by atoms with Crippen molar-refractivity contribution in [2.75, 3.05) is 11.5 Å². The zero-order chi connectivity index (χ0) is 13.6. The van der Waals surface area contributed by atoms with Crippen LogP contribution in [-0.2, 0) is 5.60 Å². The van der Waals surface area contributed by atoms with Crippen LogP contribution in [0.3, 0.4) is 0 Å². The van der Waals surface area contributed by atoms with Crippen LogP contribution < -0.4 is 0 Å². The van der Waals surface area contributed by atoms with Crippen LogP contribution in [0, 0.1) is 5.41 Å². The number of thioether (sulfide) groups is 1. The monoisotopic (exact) mass is 332 g/mol. The minimum Gasteiger partial charge on any atom is -0.382 e. The van der Waals surface area contributed by atoms with Gasteiger partial charge in [0.1, 0.15) is 5.60 Å². The molecule has 1 aliphatic rings. The minimum absolute atomic E-state index is 0.132. The molecule has 0 radical (unpaired) electrons. The maximum Gasteiger partial charge on any atom is 0.121 e. The Kier molecular flexibility index (Phi) is 3.87. The predicted octanol–water partition coefficient (Wildman–Crippen LogP) is 3.58. The fourth-order valence-electron chi connectivity index (χ4n) is 2.46. The maximum atomic E-state index is 11.3. The van der Waals surface area contributed by atoms with Gasteiger partial charge in [0.15, 0.2) is 0 Å². The van der Waals surface area contributed by atoms with Gasteiger partial charge in [-0.1, -0.05) is 13.8 Å². The first-order valence-corrected chi connectivity index (χ1v) is 8.28. The molecule has 1 N–H and O–H groups in total. The van der Waals surface area contributed by atoms with Crippen molar-refractivity contribution >= 4 is 27.7 Å². The van der Waals surface area contributed by atoms with E-state index in [0.29, 0.717) is 0 Å². The average Bonchev–Trinajstić information content (AvgIpc) is 2.65. The lowest BCUT2D eigenvalue weighted by atomic mass is 9.71. The molecule has 1 aromatic rings. The SMILES string of the molecule is CC(C)n1ncc(Br)c1C1(O)CSCCC1(C)C. The van der Waals surface area contributed by atoms with Crippen molar-refractivity contribution in [3.05, 3.63) is 16.4 Å². The van der Waals surface area contributed by atoms with Gasteiger partial charge in [-0.25, -0.2) is 0 Å². The molecule has 0 bridgehead atoms. The van der Waals surface area contributed by atoms with E-state index < -0.39 is 5.60 Å². The highest BCUT2D eigenvalue weighted by molar-refractivity contribution is 9.10. The lowest BCUT2D eigenvalue weighted by molar-refractivity contribution is -0.0658. The van der Waals surface area contributed by atoms with Crippen molar-refractivity contribution in [3.8, 4) is 0 Å². The topological polar surface area (TPSA) is 38.0 Å². The number of rotatable bonds is 2. The smallest absolute Gasteiger partial charge is 0.121 e. The second kappa shape index (κ2) is 4.84. The molecule has 3 nitrogen and oxygen atoms in total. The van der Waals surface area contributed by atoms with Gasteiger partial charge >= 0.3 is 0 Å². The molecule has 18 heavy (non-hydrogen) atoms. The minimum atomic E-state index is -0.824. The highest BCUT2D eigenvalue weighted by atomic mass is 79.9. The summed E-state index contributed by atoms with van der Waals surface area (Å²) in [6.07, 6.45) is 2.81. The van der Waals surface area contributed by atoms with E-state index >= 15 is 0 Å². The lowest BCUT2D eigenvalue weighted by Crippen LogP contribution is -2.49. The van der Waals surface area contributed by atoms with Gasteiger partial charge in [0.2, 0.25) is 0 Å². The number of aliphatic hydroxyl groups is 1. The summed E-state index contributed by atoms with van der Waals surface area (Å²) in [7, 11) is 0. The summed E-state index contributed by atoms with van der Waals surface area (Å²) in [5.41, 5.74) is -0.0297. The fraction of sp³-hybridized carbons (Fsp3) is 0.769. The normalized spacial score (nSPS) is 27.7. The molecule has 0 aromatic carbocycles. The Morgan fingerprint density at radius 2 is 2.17 bits per heavy atom. The summed E-state index contributed by atoms with van der Waals surface area (Å²) < 4.78 is 2.85. The summed E-state index contributed by atoms with van der Waals surface area (Å²) in [4.78, 5) is 0. The van der Waals surface area contributed by atoms with Crippen LogP contribution >= 0.6 is 27.7 Å². The van der Waals surface area contributed by atoms with Crippen LogP contribution in [0.5, 0.6) is 0 Å². The Hall–Kier alpha value is -0.0000000000000000555. The standard InChI is InChI=1S/C13H21BrN2OS/c1-9(2)16-11(10(14)7-15-16)13(17)8-18-6-5-12(13,3)4/h7,9,17H,5-6,8H2,1-4H3. The van der Waals surface area contributed by atoms with Gasteiger partial charge in [0.05, 0.1) is 16.4 Å². The number of aromatic nitrogens is 2. The Bertz CT molecular complexity index is 444. The zero-order valence-corrected chi connectivity index (χ0v) is 13.8. The molecule has 1 saturated heterocycles. The van der Waals surface area contributed by atoms with Crippen molar-refractivity contribution in [1.82, 2.24) is 9.78 Å². The molecule has 1 unspecified atom stereocenters. The van der Waals surface area contributed by atoms with Crippen LogP contribution in [0.2, 0.25) is 0 Å². The molecular weight excluding hydrogens is 312 g/mol. The van der Waals surface area contributed by atoms with Gasteiger partial charge in [-0.2, -0.15) is 16.9 Å². The molecule has 1 fully saturated rings. The van der Waals surface area contributed by atoms with E-state index in [1.165, 1.54) is 0 Å². The second-order valence-corrected chi connectivity index (χ2v) is 7.89. The largest absolute Gasteiger partial charge is 0.382 e. The summed E-state index contributed by atoms with van der Waals surface area (Å²) in [5, 5.41) is 15.7. The van der Waals surface area contributed by atoms with E-state index in [0.717, 1.165) is 28.1 Å². The third kappa shape index (κ3) is 2.14. The molecule has 0 saturated carbocycles. The summed E-state index contributed by atoms with van der Waals surface area (Å²) in [6, 6.07) is 0.248. The summed E-state index contributed by atoms with van der Waals surface area (Å²) in [5.74, 6) is 1.85. The van der Waals surface area contributed by atoms with Crippen LogP contribution in [0.1, 0.15) is 45.9 Å². The van der Waals surface area contributed by atoms with Crippen molar-refractivity contribution in [2.45, 2.75) is 45.8 Å². The van der Waals surface area contributed by atoms with Crippen molar-refractivity contribution in [3.63, 3.8) is 0 Å². The molecule has 102 valence electrons. The Morgan fingerprint density at radius 1 is 1.50 bits per heavy atom. The van der Waals surface area contributed by atoms with Gasteiger partial charge in [0, 0.05) is 17.2 Å². The van der Waals surface area contributed by atoms with E-state index in [9.17, 15) is 5.11 Å². The third-order valence-electron chi connectivity index (χ3n) is 3.93. The highest BCUT2D eigenvalue weighted by Crippen LogP contribution is 2.50. The highest BCUT2D eigenvalue weighted by Gasteiger charge is 2.50.